The van der Waals surface area contributed by atoms with Crippen LogP contribution in [0.15, 0.2) is 24.3 Å². The molecule has 2 bridgehead atoms. The standard InChI is InChI=1S/C25H34N2O4/c1-3-4-5-6-7-8-14-26-25-12-11-18(29)23-24(25)13-15-27(2)22(25)20(30)16-9-10-17(28)21(31-23)19(16)24/h9-12,18,22-23,26,28-29H,3-8,13-15H2,1-2H3/t18-,22+,23-,24-,25+/m0/s1. The van der Waals surface area contributed by atoms with Gasteiger partial charge in [-0.25, -0.2) is 0 Å². The van der Waals surface area contributed by atoms with E-state index < -0.39 is 23.2 Å². The number of likely N-dealkylation sites (N-methyl/N-ethyl adjacent to an activating group) is 1. The fourth-order valence-corrected chi connectivity index (χ4v) is 6.72. The number of phenolic OH excluding ortho intramolecular Hbond substituents is 1. The first-order valence-electron chi connectivity index (χ1n) is 11.9. The number of unbranched alkanes of at least 4 members (excludes halogenated alkanes) is 5. The number of phenols is 1. The van der Waals surface area contributed by atoms with Gasteiger partial charge >= 0.3 is 0 Å². The summed E-state index contributed by atoms with van der Waals surface area (Å²) >= 11 is 0. The van der Waals surface area contributed by atoms with E-state index in [0.29, 0.717) is 11.3 Å². The van der Waals surface area contributed by atoms with Gasteiger partial charge in [-0.05, 0) is 45.1 Å². The second kappa shape index (κ2) is 7.61. The minimum absolute atomic E-state index is 0.0460. The number of aromatic hydroxyl groups is 1. The zero-order valence-corrected chi connectivity index (χ0v) is 18.6. The molecule has 0 aromatic heterocycles. The number of ether oxygens (including phenoxy) is 1. The Morgan fingerprint density at radius 1 is 1.23 bits per heavy atom. The topological polar surface area (TPSA) is 82.0 Å². The Kier molecular flexibility index (Phi) is 5.15. The molecule has 1 saturated heterocycles. The third-order valence-electron chi connectivity index (χ3n) is 8.11. The van der Waals surface area contributed by atoms with Crippen molar-refractivity contribution in [2.45, 2.75) is 81.1 Å². The van der Waals surface area contributed by atoms with Gasteiger partial charge in [0.15, 0.2) is 17.3 Å². The van der Waals surface area contributed by atoms with Gasteiger partial charge in [0.2, 0.25) is 0 Å². The molecule has 168 valence electrons. The molecule has 2 aliphatic carbocycles. The van der Waals surface area contributed by atoms with Crippen LogP contribution in [0.1, 0.15) is 67.8 Å². The van der Waals surface area contributed by atoms with E-state index in [-0.39, 0.29) is 17.6 Å². The van der Waals surface area contributed by atoms with E-state index in [2.05, 4.69) is 17.1 Å². The van der Waals surface area contributed by atoms with Crippen molar-refractivity contribution in [1.82, 2.24) is 10.2 Å². The number of rotatable bonds is 8. The Balaban J connectivity index is 1.55. The van der Waals surface area contributed by atoms with Crippen LogP contribution in [0.3, 0.4) is 0 Å². The molecule has 5 atom stereocenters. The summed E-state index contributed by atoms with van der Waals surface area (Å²) in [6.45, 7) is 3.77. The van der Waals surface area contributed by atoms with Gasteiger partial charge in [-0.2, -0.15) is 0 Å². The average molecular weight is 427 g/mol. The smallest absolute Gasteiger partial charge is 0.182 e. The van der Waals surface area contributed by atoms with E-state index in [9.17, 15) is 15.0 Å². The summed E-state index contributed by atoms with van der Waals surface area (Å²) in [7, 11) is 2.01. The van der Waals surface area contributed by atoms with Crippen molar-refractivity contribution in [1.29, 1.82) is 0 Å². The monoisotopic (exact) mass is 426 g/mol. The zero-order chi connectivity index (χ0) is 21.8. The van der Waals surface area contributed by atoms with E-state index in [1.807, 2.05) is 13.1 Å². The van der Waals surface area contributed by atoms with Gasteiger partial charge in [0.05, 0.1) is 17.0 Å². The van der Waals surface area contributed by atoms with E-state index in [1.54, 1.807) is 18.2 Å². The molecule has 6 heteroatoms. The number of ketones is 1. The zero-order valence-electron chi connectivity index (χ0n) is 18.6. The molecule has 0 radical (unpaired) electrons. The molecule has 1 fully saturated rings. The summed E-state index contributed by atoms with van der Waals surface area (Å²) in [4.78, 5) is 15.9. The van der Waals surface area contributed by atoms with Gasteiger partial charge < -0.3 is 20.3 Å². The molecule has 1 spiro atoms. The van der Waals surface area contributed by atoms with Crippen molar-refractivity contribution < 1.29 is 19.7 Å². The molecule has 1 aromatic carbocycles. The van der Waals surface area contributed by atoms with Crippen LogP contribution in [0.5, 0.6) is 11.5 Å². The Labute approximate surface area is 184 Å². The van der Waals surface area contributed by atoms with Crippen molar-refractivity contribution in [3.8, 4) is 11.5 Å². The first kappa shape index (κ1) is 21.0. The van der Waals surface area contributed by atoms with Gasteiger partial charge in [-0.15, -0.1) is 0 Å². The maximum atomic E-state index is 13.7. The number of hydrogen-bond donors (Lipinski definition) is 3. The summed E-state index contributed by atoms with van der Waals surface area (Å²) in [6, 6.07) is 2.92. The highest BCUT2D eigenvalue weighted by atomic mass is 16.5. The van der Waals surface area contributed by atoms with Gasteiger partial charge in [0.25, 0.3) is 0 Å². The number of aliphatic hydroxyl groups excluding tert-OH is 1. The van der Waals surface area contributed by atoms with Crippen molar-refractivity contribution >= 4 is 5.78 Å². The quantitative estimate of drug-likeness (QED) is 0.438. The van der Waals surface area contributed by atoms with Gasteiger partial charge in [-0.1, -0.05) is 51.2 Å². The summed E-state index contributed by atoms with van der Waals surface area (Å²) in [5.41, 5.74) is 0.200. The summed E-state index contributed by atoms with van der Waals surface area (Å²) in [5.74, 6) is 0.492. The molecular weight excluding hydrogens is 392 g/mol. The molecular formula is C25H34N2O4. The molecule has 2 aliphatic heterocycles. The van der Waals surface area contributed by atoms with Crippen molar-refractivity contribution in [2.24, 2.45) is 0 Å². The summed E-state index contributed by atoms with van der Waals surface area (Å²) in [5, 5.41) is 25.3. The molecule has 3 N–H and O–H groups in total. The van der Waals surface area contributed by atoms with Crippen LogP contribution in [0.4, 0.5) is 0 Å². The lowest BCUT2D eigenvalue weighted by Crippen LogP contribution is -2.81. The molecule has 5 rings (SSSR count). The van der Waals surface area contributed by atoms with E-state index in [4.69, 9.17) is 4.74 Å². The third-order valence-corrected chi connectivity index (χ3v) is 8.11. The van der Waals surface area contributed by atoms with Crippen LogP contribution in [0.25, 0.3) is 0 Å². The van der Waals surface area contributed by atoms with Crippen molar-refractivity contribution in [3.63, 3.8) is 0 Å². The maximum Gasteiger partial charge on any atom is 0.182 e. The lowest BCUT2D eigenvalue weighted by Gasteiger charge is -2.63. The highest BCUT2D eigenvalue weighted by Gasteiger charge is 2.73. The number of nitrogens with one attached hydrogen (secondary N) is 1. The third kappa shape index (κ3) is 2.71. The minimum Gasteiger partial charge on any atom is -0.504 e. The Bertz CT molecular complexity index is 915. The van der Waals surface area contributed by atoms with Crippen molar-refractivity contribution in [3.05, 3.63) is 35.4 Å². The normalized spacial score (nSPS) is 35.2. The molecule has 0 saturated carbocycles. The first-order chi connectivity index (χ1) is 15.0. The maximum absolute atomic E-state index is 13.7. The highest BCUT2D eigenvalue weighted by molar-refractivity contribution is 6.06. The number of benzene rings is 1. The molecule has 6 nitrogen and oxygen atoms in total. The van der Waals surface area contributed by atoms with Crippen LogP contribution in [0.2, 0.25) is 0 Å². The van der Waals surface area contributed by atoms with Crippen molar-refractivity contribution in [2.75, 3.05) is 20.1 Å². The predicted octanol–water partition coefficient (Wildman–Crippen LogP) is 2.91. The second-order valence-electron chi connectivity index (χ2n) is 9.76. The molecule has 2 heterocycles. The van der Waals surface area contributed by atoms with Crippen LogP contribution in [0, 0.1) is 0 Å². The fraction of sp³-hybridized carbons (Fsp3) is 0.640. The minimum atomic E-state index is -0.777. The van der Waals surface area contributed by atoms with Gasteiger partial charge in [-0.3, -0.25) is 9.69 Å². The number of likely N-dealkylation sites (tertiary alicyclic amines) is 1. The number of nitrogens with zero attached hydrogens (tertiary/aromatic N) is 1. The molecule has 1 aromatic rings. The van der Waals surface area contributed by atoms with Gasteiger partial charge in [0.1, 0.15) is 12.2 Å². The van der Waals surface area contributed by atoms with Gasteiger partial charge in [0, 0.05) is 11.1 Å². The fourth-order valence-electron chi connectivity index (χ4n) is 6.72. The lowest BCUT2D eigenvalue weighted by molar-refractivity contribution is -0.0622. The number of carbonyl (C=O) groups is 1. The number of hydrogen-bond acceptors (Lipinski definition) is 6. The van der Waals surface area contributed by atoms with E-state index in [1.165, 1.54) is 32.1 Å². The number of Topliss-reactive ketones (excluding diaryl/α,β-unsaturated/α-hetero) is 1. The average Bonchev–Trinajstić information content (AvgIpc) is 3.11. The Morgan fingerprint density at radius 2 is 2.00 bits per heavy atom. The highest BCUT2D eigenvalue weighted by Crippen LogP contribution is 2.63. The Hall–Kier alpha value is -1.89. The number of aliphatic hydroxyl groups is 1. The molecule has 0 unspecified atom stereocenters. The van der Waals surface area contributed by atoms with E-state index >= 15 is 0 Å². The first-order valence-corrected chi connectivity index (χ1v) is 11.9. The van der Waals surface area contributed by atoms with Crippen LogP contribution in [-0.4, -0.2) is 64.8 Å². The summed E-state index contributed by atoms with van der Waals surface area (Å²) < 4.78 is 6.24. The molecule has 31 heavy (non-hydrogen) atoms. The lowest BCUT2D eigenvalue weighted by atomic mass is 9.48. The van der Waals surface area contributed by atoms with E-state index in [0.717, 1.165) is 31.5 Å². The molecule has 0 amide bonds. The predicted molar refractivity (Wildman–Crippen MR) is 119 cm³/mol. The van der Waals surface area contributed by atoms with Crippen LogP contribution >= 0.6 is 0 Å². The van der Waals surface area contributed by atoms with Crippen LogP contribution < -0.4 is 10.1 Å². The number of carbonyl (C=O) groups excluding carboxylic acids is 1. The summed E-state index contributed by atoms with van der Waals surface area (Å²) in [6.07, 6.45) is 10.5. The number of piperidine rings is 1. The Morgan fingerprint density at radius 3 is 2.81 bits per heavy atom. The molecule has 4 aliphatic rings. The SMILES string of the molecule is CCCCCCCCN[C@@]12C=C[C@H](O)[C@@H]3Oc4c(O)ccc5c4[C@@]31CCN(C)[C@@H]2C5=O. The largest absolute Gasteiger partial charge is 0.504 e. The second-order valence-corrected chi connectivity index (χ2v) is 9.76. The van der Waals surface area contributed by atoms with Crippen LogP contribution in [-0.2, 0) is 5.41 Å².